The minimum Gasteiger partial charge on any atom is -0.377 e. The lowest BCUT2D eigenvalue weighted by Gasteiger charge is -2.26. The lowest BCUT2D eigenvalue weighted by molar-refractivity contribution is 0.0940. The number of rotatable bonds is 7. The Morgan fingerprint density at radius 2 is 1.86 bits per heavy atom. The van der Waals surface area contributed by atoms with Crippen LogP contribution in [0.3, 0.4) is 0 Å². The second kappa shape index (κ2) is 9.00. The van der Waals surface area contributed by atoms with Gasteiger partial charge in [0.1, 0.15) is 5.82 Å². The Balaban J connectivity index is 1.32. The summed E-state index contributed by atoms with van der Waals surface area (Å²) in [4.78, 5) is 21.8. The van der Waals surface area contributed by atoms with Crippen LogP contribution in [0.1, 0.15) is 59.4 Å². The molecule has 0 radical (unpaired) electrons. The number of benzene rings is 1. The molecule has 0 unspecified atom stereocenters. The zero-order chi connectivity index (χ0) is 24.7. The predicted molar refractivity (Wildman–Crippen MR) is 142 cm³/mol. The van der Waals surface area contributed by atoms with Gasteiger partial charge in [-0.1, -0.05) is 18.2 Å². The van der Waals surface area contributed by atoms with Crippen LogP contribution in [0.15, 0.2) is 60.0 Å². The smallest absolute Gasteiger partial charge is 0.252 e. The molecule has 1 aliphatic heterocycles. The summed E-state index contributed by atoms with van der Waals surface area (Å²) in [5.74, 6) is 0.885. The van der Waals surface area contributed by atoms with E-state index in [2.05, 4.69) is 97.9 Å². The van der Waals surface area contributed by atoms with Gasteiger partial charge in [0.15, 0.2) is 0 Å². The molecular formula is C29H35N5O. The first-order valence-corrected chi connectivity index (χ1v) is 12.4. The maximum atomic E-state index is 12.3. The fraction of sp³-hybridized carbons (Fsp3) is 0.379. The Morgan fingerprint density at radius 1 is 1.06 bits per heavy atom. The Labute approximate surface area is 208 Å². The highest BCUT2D eigenvalue weighted by atomic mass is 16.2. The van der Waals surface area contributed by atoms with Crippen molar-refractivity contribution in [2.24, 2.45) is 0 Å². The summed E-state index contributed by atoms with van der Waals surface area (Å²) in [7, 11) is 6.39. The number of hydrogen-bond acceptors (Lipinski definition) is 5. The van der Waals surface area contributed by atoms with Crippen LogP contribution in [-0.2, 0) is 12.0 Å². The van der Waals surface area contributed by atoms with Gasteiger partial charge in [-0.15, -0.1) is 0 Å². The molecule has 1 aromatic heterocycles. The summed E-state index contributed by atoms with van der Waals surface area (Å²) in [6.07, 6.45) is 9.66. The first kappa shape index (κ1) is 23.4. The zero-order valence-electron chi connectivity index (χ0n) is 21.4. The third kappa shape index (κ3) is 4.63. The summed E-state index contributed by atoms with van der Waals surface area (Å²) in [5.41, 5.74) is 8.53. The minimum absolute atomic E-state index is 0.00727. The summed E-state index contributed by atoms with van der Waals surface area (Å²) in [5, 5.41) is 6.60. The molecule has 3 aliphatic rings. The molecule has 0 fully saturated rings. The van der Waals surface area contributed by atoms with E-state index in [1.807, 2.05) is 6.07 Å². The van der Waals surface area contributed by atoms with E-state index in [0.717, 1.165) is 66.3 Å². The fourth-order valence-corrected chi connectivity index (χ4v) is 5.12. The van der Waals surface area contributed by atoms with Gasteiger partial charge in [-0.05, 0) is 87.8 Å². The number of nitrogens with one attached hydrogen (secondary N) is 2. The van der Waals surface area contributed by atoms with Gasteiger partial charge in [-0.2, -0.15) is 0 Å². The summed E-state index contributed by atoms with van der Waals surface area (Å²) in [6.45, 7) is 6.16. The Morgan fingerprint density at radius 3 is 2.66 bits per heavy atom. The monoisotopic (exact) mass is 469 g/mol. The van der Waals surface area contributed by atoms with E-state index in [1.54, 1.807) is 0 Å². The molecular weight excluding hydrogens is 434 g/mol. The second-order valence-corrected chi connectivity index (χ2v) is 10.5. The third-order valence-electron chi connectivity index (χ3n) is 7.17. The van der Waals surface area contributed by atoms with Crippen LogP contribution >= 0.6 is 0 Å². The number of anilines is 1. The van der Waals surface area contributed by atoms with E-state index in [-0.39, 0.29) is 11.4 Å². The standard InChI is InChI=1S/C29H35N5O/c1-29(2)25-17-19(9-10-24(25)28(35)32-29)22-11-13-26-23(22)12-14-27(31-26)30-20-7-6-8-21(18-20)34(5)16-15-33(3)4/h7,9-12,14,17-18H,6,8,13,15-16H2,1-5H3,(H,30,31)(H,32,35). The van der Waals surface area contributed by atoms with Crippen LogP contribution in [0.4, 0.5) is 5.82 Å². The molecule has 2 aromatic rings. The molecule has 182 valence electrons. The molecule has 1 amide bonds. The van der Waals surface area contributed by atoms with Crippen LogP contribution in [-0.4, -0.2) is 54.9 Å². The molecule has 0 bridgehead atoms. The molecule has 5 rings (SSSR count). The van der Waals surface area contributed by atoms with Gasteiger partial charge in [-0.25, -0.2) is 4.98 Å². The number of amides is 1. The summed E-state index contributed by atoms with van der Waals surface area (Å²) >= 11 is 0. The fourth-order valence-electron chi connectivity index (χ4n) is 5.12. The topological polar surface area (TPSA) is 60.5 Å². The third-order valence-corrected chi connectivity index (χ3v) is 7.17. The number of nitrogens with zero attached hydrogens (tertiary/aromatic N) is 3. The average molecular weight is 470 g/mol. The van der Waals surface area contributed by atoms with Crippen LogP contribution in [0.5, 0.6) is 0 Å². The molecule has 0 saturated carbocycles. The molecule has 6 nitrogen and oxygen atoms in total. The summed E-state index contributed by atoms with van der Waals surface area (Å²) < 4.78 is 0. The van der Waals surface area contributed by atoms with E-state index in [0.29, 0.717) is 0 Å². The van der Waals surface area contributed by atoms with E-state index >= 15 is 0 Å². The lowest BCUT2D eigenvalue weighted by atomic mass is 9.90. The SMILES string of the molecule is CN(C)CCN(C)C1=CC(Nc2ccc3c(n2)CC=C3c2ccc3c(c2)C(C)(C)NC3=O)=CCC1. The molecule has 0 atom stereocenters. The second-order valence-electron chi connectivity index (χ2n) is 10.5. The highest BCUT2D eigenvalue weighted by molar-refractivity contribution is 6.00. The van der Waals surface area contributed by atoms with Crippen LogP contribution in [0.2, 0.25) is 0 Å². The van der Waals surface area contributed by atoms with Gasteiger partial charge in [-0.3, -0.25) is 4.79 Å². The van der Waals surface area contributed by atoms with Crippen molar-refractivity contribution >= 4 is 17.3 Å². The molecule has 2 aliphatic carbocycles. The molecule has 2 N–H and O–H groups in total. The van der Waals surface area contributed by atoms with Gasteiger partial charge in [0.25, 0.3) is 5.91 Å². The van der Waals surface area contributed by atoms with Crippen molar-refractivity contribution in [3.05, 3.63) is 87.9 Å². The number of hydrogen-bond donors (Lipinski definition) is 2. The van der Waals surface area contributed by atoms with E-state index in [1.165, 1.54) is 16.8 Å². The average Bonchev–Trinajstić information content (AvgIpc) is 3.34. The molecule has 1 aromatic carbocycles. The molecule has 6 heteroatoms. The van der Waals surface area contributed by atoms with Crippen molar-refractivity contribution in [2.75, 3.05) is 39.5 Å². The largest absolute Gasteiger partial charge is 0.377 e. The number of fused-ring (bicyclic) bond motifs is 2. The van der Waals surface area contributed by atoms with E-state index < -0.39 is 0 Å². The van der Waals surface area contributed by atoms with Gasteiger partial charge in [0, 0.05) is 49.1 Å². The maximum Gasteiger partial charge on any atom is 0.252 e. The molecule has 0 saturated heterocycles. The van der Waals surface area contributed by atoms with E-state index in [9.17, 15) is 4.79 Å². The molecule has 35 heavy (non-hydrogen) atoms. The lowest BCUT2D eigenvalue weighted by Crippen LogP contribution is -2.32. The van der Waals surface area contributed by atoms with Gasteiger partial charge < -0.3 is 20.4 Å². The van der Waals surface area contributed by atoms with E-state index in [4.69, 9.17) is 4.98 Å². The first-order chi connectivity index (χ1) is 16.7. The highest BCUT2D eigenvalue weighted by Gasteiger charge is 2.35. The highest BCUT2D eigenvalue weighted by Crippen LogP contribution is 2.37. The van der Waals surface area contributed by atoms with Crippen LogP contribution in [0, 0.1) is 0 Å². The van der Waals surface area contributed by atoms with Crippen molar-refractivity contribution in [3.8, 4) is 0 Å². The van der Waals surface area contributed by atoms with Gasteiger partial charge in [0.2, 0.25) is 0 Å². The van der Waals surface area contributed by atoms with Crippen LogP contribution in [0.25, 0.3) is 5.57 Å². The first-order valence-electron chi connectivity index (χ1n) is 12.4. The number of carbonyl (C=O) groups excluding carboxylic acids is 1. The van der Waals surface area contributed by atoms with Crippen molar-refractivity contribution in [1.82, 2.24) is 20.1 Å². The number of pyridine rings is 1. The maximum absolute atomic E-state index is 12.3. The number of likely N-dealkylation sites (N-methyl/N-ethyl adjacent to an activating group) is 2. The van der Waals surface area contributed by atoms with Crippen molar-refractivity contribution in [2.45, 2.75) is 38.6 Å². The minimum atomic E-state index is -0.350. The van der Waals surface area contributed by atoms with Crippen molar-refractivity contribution in [3.63, 3.8) is 0 Å². The van der Waals surface area contributed by atoms with Gasteiger partial charge >= 0.3 is 0 Å². The number of aromatic nitrogens is 1. The quantitative estimate of drug-likeness (QED) is 0.625. The predicted octanol–water partition coefficient (Wildman–Crippen LogP) is 4.51. The van der Waals surface area contributed by atoms with Crippen LogP contribution < -0.4 is 10.6 Å². The molecule has 2 heterocycles. The Kier molecular flexibility index (Phi) is 6.01. The zero-order valence-corrected chi connectivity index (χ0v) is 21.4. The van der Waals surface area contributed by atoms with Crippen molar-refractivity contribution in [1.29, 1.82) is 0 Å². The molecule has 0 spiro atoms. The Bertz CT molecular complexity index is 1270. The summed E-state index contributed by atoms with van der Waals surface area (Å²) in [6, 6.07) is 10.4. The van der Waals surface area contributed by atoms with Gasteiger partial charge in [0.05, 0.1) is 11.2 Å². The number of carbonyl (C=O) groups is 1. The number of allylic oxidation sites excluding steroid dienone is 4. The normalized spacial score (nSPS) is 17.9. The Hall–Kier alpha value is -3.38. The van der Waals surface area contributed by atoms with Crippen molar-refractivity contribution < 1.29 is 4.79 Å².